The molecule has 23 heavy (non-hydrogen) atoms. The Kier molecular flexibility index (Phi) is 4.47. The second kappa shape index (κ2) is 6.69. The van der Waals surface area contributed by atoms with Crippen LogP contribution in [0.2, 0.25) is 0 Å². The second-order valence-electron chi connectivity index (χ2n) is 5.86. The number of hydrogen-bond donors (Lipinski definition) is 1. The Bertz CT molecular complexity index is 773. The van der Waals surface area contributed by atoms with Crippen LogP contribution < -0.4 is 0 Å². The molecule has 0 amide bonds. The van der Waals surface area contributed by atoms with Gasteiger partial charge in [0.1, 0.15) is 0 Å². The number of aryl methyl sites for hydroxylation is 2. The van der Waals surface area contributed by atoms with Crippen molar-refractivity contribution in [3.8, 4) is 28.3 Å². The summed E-state index contributed by atoms with van der Waals surface area (Å²) >= 11 is 0. The lowest BCUT2D eigenvalue weighted by atomic mass is 10.0. The van der Waals surface area contributed by atoms with Crippen LogP contribution in [-0.4, -0.2) is 14.9 Å². The van der Waals surface area contributed by atoms with Crippen molar-refractivity contribution in [1.29, 1.82) is 0 Å². The zero-order valence-corrected chi connectivity index (χ0v) is 13.7. The van der Waals surface area contributed by atoms with Gasteiger partial charge >= 0.3 is 0 Å². The van der Waals surface area contributed by atoms with E-state index in [2.05, 4.69) is 43.2 Å². The van der Waals surface area contributed by atoms with E-state index in [1.165, 1.54) is 5.56 Å². The zero-order chi connectivity index (χ0) is 16.2. The lowest BCUT2D eigenvalue weighted by Crippen LogP contribution is -2.02. The molecule has 1 N–H and O–H groups in total. The number of aromatic hydroxyl groups is 1. The molecule has 3 nitrogen and oxygen atoms in total. The number of benzene rings is 2. The van der Waals surface area contributed by atoms with Gasteiger partial charge in [-0.05, 0) is 18.9 Å². The van der Waals surface area contributed by atoms with Crippen LogP contribution in [-0.2, 0) is 6.54 Å². The predicted molar refractivity (Wildman–Crippen MR) is 94.4 cm³/mol. The van der Waals surface area contributed by atoms with Crippen molar-refractivity contribution in [2.75, 3.05) is 0 Å². The van der Waals surface area contributed by atoms with Crippen LogP contribution in [0.3, 0.4) is 0 Å². The van der Waals surface area contributed by atoms with Gasteiger partial charge in [0.15, 0.2) is 0 Å². The fraction of sp³-hybridized carbons (Fsp3) is 0.250. The van der Waals surface area contributed by atoms with Gasteiger partial charge in [-0.15, -0.1) is 5.10 Å². The standard InChI is InChI=1S/C20H22N2O/c1-3-4-14-22-19(17-12-10-15(2)11-13-17)18(20(23)21-22)16-8-6-5-7-9-16/h5-13H,3-4,14H2,1-2H3,(H,21,23). The van der Waals surface area contributed by atoms with Crippen LogP contribution in [0.25, 0.3) is 22.4 Å². The first kappa shape index (κ1) is 15.3. The van der Waals surface area contributed by atoms with Crippen molar-refractivity contribution in [3.05, 3.63) is 60.2 Å². The van der Waals surface area contributed by atoms with Crippen molar-refractivity contribution >= 4 is 0 Å². The largest absolute Gasteiger partial charge is 0.492 e. The molecule has 0 saturated carbocycles. The van der Waals surface area contributed by atoms with Gasteiger partial charge in [0.25, 0.3) is 0 Å². The van der Waals surface area contributed by atoms with Crippen molar-refractivity contribution < 1.29 is 5.11 Å². The predicted octanol–water partition coefficient (Wildman–Crippen LogP) is 5.03. The third kappa shape index (κ3) is 3.14. The molecular formula is C20H22N2O. The number of unbranched alkanes of at least 4 members (excludes halogenated alkanes) is 1. The first-order valence-corrected chi connectivity index (χ1v) is 8.13. The summed E-state index contributed by atoms with van der Waals surface area (Å²) in [5.74, 6) is 0.0999. The Morgan fingerprint density at radius 1 is 0.957 bits per heavy atom. The molecule has 0 bridgehead atoms. The molecule has 0 saturated heterocycles. The Hall–Kier alpha value is -2.55. The molecule has 0 aliphatic heterocycles. The van der Waals surface area contributed by atoms with E-state index >= 15 is 0 Å². The number of hydrogen-bond acceptors (Lipinski definition) is 2. The zero-order valence-electron chi connectivity index (χ0n) is 13.7. The first-order valence-electron chi connectivity index (χ1n) is 8.13. The molecule has 0 spiro atoms. The van der Waals surface area contributed by atoms with Gasteiger partial charge in [0.2, 0.25) is 5.88 Å². The van der Waals surface area contributed by atoms with Gasteiger partial charge < -0.3 is 5.11 Å². The quantitative estimate of drug-likeness (QED) is 0.718. The van der Waals surface area contributed by atoms with Gasteiger partial charge in [-0.25, -0.2) is 0 Å². The van der Waals surface area contributed by atoms with E-state index in [4.69, 9.17) is 0 Å². The topological polar surface area (TPSA) is 38.0 Å². The maximum absolute atomic E-state index is 10.4. The van der Waals surface area contributed by atoms with E-state index in [1.807, 2.05) is 35.0 Å². The summed E-state index contributed by atoms with van der Waals surface area (Å²) in [5, 5.41) is 14.8. The van der Waals surface area contributed by atoms with Gasteiger partial charge in [0.05, 0.1) is 11.3 Å². The number of nitrogens with zero attached hydrogens (tertiary/aromatic N) is 2. The van der Waals surface area contributed by atoms with Crippen LogP contribution in [0.1, 0.15) is 25.3 Å². The van der Waals surface area contributed by atoms with E-state index in [9.17, 15) is 5.11 Å². The van der Waals surface area contributed by atoms with E-state index in [0.717, 1.165) is 41.8 Å². The maximum Gasteiger partial charge on any atom is 0.238 e. The van der Waals surface area contributed by atoms with Crippen LogP contribution in [0.15, 0.2) is 54.6 Å². The number of rotatable bonds is 5. The van der Waals surface area contributed by atoms with E-state index in [1.54, 1.807) is 0 Å². The van der Waals surface area contributed by atoms with Crippen LogP contribution in [0.4, 0.5) is 0 Å². The molecule has 3 heteroatoms. The monoisotopic (exact) mass is 306 g/mol. The summed E-state index contributed by atoms with van der Waals surface area (Å²) in [7, 11) is 0. The Morgan fingerprint density at radius 3 is 2.30 bits per heavy atom. The van der Waals surface area contributed by atoms with Crippen molar-refractivity contribution in [2.24, 2.45) is 0 Å². The summed E-state index contributed by atoms with van der Waals surface area (Å²) in [4.78, 5) is 0. The second-order valence-corrected chi connectivity index (χ2v) is 5.86. The van der Waals surface area contributed by atoms with Gasteiger partial charge in [0, 0.05) is 12.1 Å². The highest BCUT2D eigenvalue weighted by Crippen LogP contribution is 2.38. The summed E-state index contributed by atoms with van der Waals surface area (Å²) < 4.78 is 1.94. The average Bonchev–Trinajstić information content (AvgIpc) is 2.91. The minimum absolute atomic E-state index is 0.0999. The van der Waals surface area contributed by atoms with E-state index in [-0.39, 0.29) is 5.88 Å². The van der Waals surface area contributed by atoms with Crippen molar-refractivity contribution in [1.82, 2.24) is 9.78 Å². The molecule has 2 aromatic carbocycles. The van der Waals surface area contributed by atoms with Crippen LogP contribution in [0, 0.1) is 6.92 Å². The molecule has 0 radical (unpaired) electrons. The Balaban J connectivity index is 2.18. The molecule has 0 unspecified atom stereocenters. The minimum atomic E-state index is 0.0999. The van der Waals surface area contributed by atoms with Gasteiger partial charge in [-0.3, -0.25) is 4.68 Å². The molecule has 0 aliphatic rings. The highest BCUT2D eigenvalue weighted by molar-refractivity contribution is 5.84. The fourth-order valence-electron chi connectivity index (χ4n) is 2.79. The molecule has 1 heterocycles. The highest BCUT2D eigenvalue weighted by atomic mass is 16.3. The molecule has 0 atom stereocenters. The summed E-state index contributed by atoms with van der Waals surface area (Å²) in [5.41, 5.74) is 5.09. The molecule has 1 aromatic heterocycles. The molecule has 3 rings (SSSR count). The lowest BCUT2D eigenvalue weighted by Gasteiger charge is -2.10. The normalized spacial score (nSPS) is 10.9. The third-order valence-electron chi connectivity index (χ3n) is 4.04. The fourth-order valence-corrected chi connectivity index (χ4v) is 2.79. The highest BCUT2D eigenvalue weighted by Gasteiger charge is 2.20. The third-order valence-corrected chi connectivity index (χ3v) is 4.04. The van der Waals surface area contributed by atoms with Crippen LogP contribution >= 0.6 is 0 Å². The first-order chi connectivity index (χ1) is 11.2. The summed E-state index contributed by atoms with van der Waals surface area (Å²) in [6.45, 7) is 5.04. The Morgan fingerprint density at radius 2 is 1.65 bits per heavy atom. The lowest BCUT2D eigenvalue weighted by molar-refractivity contribution is 0.436. The maximum atomic E-state index is 10.4. The molecule has 0 aliphatic carbocycles. The Labute approximate surface area is 137 Å². The van der Waals surface area contributed by atoms with Crippen molar-refractivity contribution in [3.63, 3.8) is 0 Å². The van der Waals surface area contributed by atoms with Gasteiger partial charge in [-0.2, -0.15) is 0 Å². The van der Waals surface area contributed by atoms with E-state index in [0.29, 0.717) is 0 Å². The minimum Gasteiger partial charge on any atom is -0.492 e. The van der Waals surface area contributed by atoms with Gasteiger partial charge in [-0.1, -0.05) is 73.5 Å². The van der Waals surface area contributed by atoms with Crippen molar-refractivity contribution in [2.45, 2.75) is 33.2 Å². The number of aromatic nitrogens is 2. The molecule has 3 aromatic rings. The average molecular weight is 306 g/mol. The smallest absolute Gasteiger partial charge is 0.238 e. The SMILES string of the molecule is CCCCn1nc(O)c(-c2ccccc2)c1-c1ccc(C)cc1. The molecular weight excluding hydrogens is 284 g/mol. The van der Waals surface area contributed by atoms with E-state index < -0.39 is 0 Å². The summed E-state index contributed by atoms with van der Waals surface area (Å²) in [6.07, 6.45) is 2.13. The van der Waals surface area contributed by atoms with Crippen LogP contribution in [0.5, 0.6) is 5.88 Å². The summed E-state index contributed by atoms with van der Waals surface area (Å²) in [6, 6.07) is 18.4. The molecule has 0 fully saturated rings. The molecule has 118 valence electrons.